The molecule has 4 nitrogen and oxygen atoms in total. The molecule has 0 aliphatic heterocycles. The molecule has 80 valence electrons. The van der Waals surface area contributed by atoms with Gasteiger partial charge >= 0.3 is 0 Å². The first-order valence-electron chi connectivity index (χ1n) is 4.94. The Balaban J connectivity index is 2.35. The molecule has 2 aromatic rings. The Hall–Kier alpha value is -2.10. The number of pyridine rings is 1. The Kier molecular flexibility index (Phi) is 2.72. The number of hydrogen-bond acceptors (Lipinski definition) is 4. The van der Waals surface area contributed by atoms with Gasteiger partial charge in [-0.05, 0) is 32.0 Å². The quantitative estimate of drug-likeness (QED) is 0.713. The van der Waals surface area contributed by atoms with Gasteiger partial charge in [0.05, 0.1) is 0 Å². The van der Waals surface area contributed by atoms with E-state index < -0.39 is 0 Å². The zero-order valence-corrected chi connectivity index (χ0v) is 9.14. The van der Waals surface area contributed by atoms with Crippen LogP contribution < -0.4 is 0 Å². The summed E-state index contributed by atoms with van der Waals surface area (Å²) in [7, 11) is 0. The van der Waals surface area contributed by atoms with Crippen LogP contribution in [-0.4, -0.2) is 20.7 Å². The number of aryl methyl sites for hydroxylation is 2. The van der Waals surface area contributed by atoms with E-state index in [-0.39, 0.29) is 5.78 Å². The molecule has 0 N–H and O–H groups in total. The minimum atomic E-state index is -0.127. The van der Waals surface area contributed by atoms with Gasteiger partial charge in [0.2, 0.25) is 5.78 Å². The lowest BCUT2D eigenvalue weighted by molar-refractivity contribution is 0.103. The molecule has 2 heterocycles. The molecule has 0 atom stereocenters. The second kappa shape index (κ2) is 4.18. The van der Waals surface area contributed by atoms with Crippen LogP contribution in [-0.2, 0) is 0 Å². The average molecular weight is 213 g/mol. The summed E-state index contributed by atoms with van der Waals surface area (Å²) in [6.45, 7) is 3.63. The normalized spacial score (nSPS) is 10.1. The second-order valence-electron chi connectivity index (χ2n) is 3.51. The summed E-state index contributed by atoms with van der Waals surface area (Å²) < 4.78 is 0. The summed E-state index contributed by atoms with van der Waals surface area (Å²) in [5.41, 5.74) is 1.83. The number of hydrogen-bond donors (Lipinski definition) is 0. The molecule has 0 saturated carbocycles. The first kappa shape index (κ1) is 10.4. The van der Waals surface area contributed by atoms with Gasteiger partial charge in [0, 0.05) is 23.7 Å². The monoisotopic (exact) mass is 213 g/mol. The molecule has 0 spiro atoms. The number of ketones is 1. The van der Waals surface area contributed by atoms with Crippen molar-refractivity contribution in [2.24, 2.45) is 0 Å². The Bertz CT molecular complexity index is 520. The van der Waals surface area contributed by atoms with E-state index in [1.54, 1.807) is 37.5 Å². The highest BCUT2D eigenvalue weighted by molar-refractivity contribution is 6.07. The maximum Gasteiger partial charge on any atom is 0.213 e. The molecule has 0 bridgehead atoms. The van der Waals surface area contributed by atoms with Gasteiger partial charge in [-0.15, -0.1) is 0 Å². The minimum Gasteiger partial charge on any atom is -0.287 e. The third-order valence-corrected chi connectivity index (χ3v) is 2.18. The Morgan fingerprint density at radius 1 is 1.12 bits per heavy atom. The third kappa shape index (κ3) is 2.11. The summed E-state index contributed by atoms with van der Waals surface area (Å²) in [5.74, 6) is 0.462. The van der Waals surface area contributed by atoms with E-state index >= 15 is 0 Å². The van der Waals surface area contributed by atoms with E-state index in [0.717, 1.165) is 5.69 Å². The number of aromatic nitrogens is 3. The summed E-state index contributed by atoms with van der Waals surface area (Å²) >= 11 is 0. The predicted octanol–water partition coefficient (Wildman–Crippen LogP) is 1.72. The Morgan fingerprint density at radius 2 is 1.94 bits per heavy atom. The number of carbonyl (C=O) groups excluding carboxylic acids is 1. The van der Waals surface area contributed by atoms with Crippen molar-refractivity contribution in [3.63, 3.8) is 0 Å². The predicted molar refractivity (Wildman–Crippen MR) is 59.2 cm³/mol. The lowest BCUT2D eigenvalue weighted by atomic mass is 10.1. The van der Waals surface area contributed by atoms with Crippen LogP contribution in [0.5, 0.6) is 0 Å². The highest BCUT2D eigenvalue weighted by Gasteiger charge is 2.10. The molecular weight excluding hydrogens is 202 g/mol. The molecule has 0 aliphatic rings. The molecule has 0 aromatic carbocycles. The van der Waals surface area contributed by atoms with Gasteiger partial charge in [-0.2, -0.15) is 0 Å². The van der Waals surface area contributed by atoms with Crippen molar-refractivity contribution < 1.29 is 4.79 Å². The van der Waals surface area contributed by atoms with Crippen molar-refractivity contribution in [3.05, 3.63) is 53.4 Å². The standard InChI is InChI=1S/C12H11N3O/c1-8-3-4-10(7-14-8)12(16)11-5-6-13-9(2)15-11/h3-7H,1-2H3. The van der Waals surface area contributed by atoms with Crippen LogP contribution in [0.2, 0.25) is 0 Å². The van der Waals surface area contributed by atoms with Crippen molar-refractivity contribution in [2.45, 2.75) is 13.8 Å². The van der Waals surface area contributed by atoms with E-state index in [1.165, 1.54) is 0 Å². The van der Waals surface area contributed by atoms with Crippen molar-refractivity contribution in [1.29, 1.82) is 0 Å². The summed E-state index contributed by atoms with van der Waals surface area (Å²) in [6, 6.07) is 5.17. The van der Waals surface area contributed by atoms with Crippen molar-refractivity contribution >= 4 is 5.78 Å². The lowest BCUT2D eigenvalue weighted by Crippen LogP contribution is -2.06. The first-order chi connectivity index (χ1) is 7.66. The molecule has 0 radical (unpaired) electrons. The largest absolute Gasteiger partial charge is 0.287 e. The van der Waals surface area contributed by atoms with Gasteiger partial charge in [-0.1, -0.05) is 0 Å². The van der Waals surface area contributed by atoms with Gasteiger partial charge in [0.1, 0.15) is 11.5 Å². The van der Waals surface area contributed by atoms with Gasteiger partial charge < -0.3 is 0 Å². The van der Waals surface area contributed by atoms with Crippen molar-refractivity contribution in [2.75, 3.05) is 0 Å². The van der Waals surface area contributed by atoms with E-state index in [0.29, 0.717) is 17.1 Å². The van der Waals surface area contributed by atoms with Gasteiger partial charge in [-0.25, -0.2) is 9.97 Å². The summed E-state index contributed by atoms with van der Waals surface area (Å²) in [6.07, 6.45) is 3.15. The SMILES string of the molecule is Cc1ccc(C(=O)c2ccnc(C)n2)cn1. The lowest BCUT2D eigenvalue weighted by Gasteiger charge is -2.00. The molecule has 2 aromatic heterocycles. The van der Waals surface area contributed by atoms with E-state index in [4.69, 9.17) is 0 Å². The highest BCUT2D eigenvalue weighted by atomic mass is 16.1. The molecule has 0 aliphatic carbocycles. The molecule has 16 heavy (non-hydrogen) atoms. The first-order valence-corrected chi connectivity index (χ1v) is 4.94. The van der Waals surface area contributed by atoms with Crippen LogP contribution in [0.1, 0.15) is 27.6 Å². The number of carbonyl (C=O) groups is 1. The number of rotatable bonds is 2. The van der Waals surface area contributed by atoms with Crippen LogP contribution in [0.25, 0.3) is 0 Å². The van der Waals surface area contributed by atoms with Crippen LogP contribution >= 0.6 is 0 Å². The fraction of sp³-hybridized carbons (Fsp3) is 0.167. The van der Waals surface area contributed by atoms with Crippen molar-refractivity contribution in [1.82, 2.24) is 15.0 Å². The smallest absolute Gasteiger partial charge is 0.213 e. The van der Waals surface area contributed by atoms with E-state index in [9.17, 15) is 4.79 Å². The topological polar surface area (TPSA) is 55.7 Å². The van der Waals surface area contributed by atoms with Crippen LogP contribution in [0, 0.1) is 13.8 Å². The van der Waals surface area contributed by atoms with Crippen molar-refractivity contribution in [3.8, 4) is 0 Å². The summed E-state index contributed by atoms with van der Waals surface area (Å²) in [5, 5.41) is 0. The van der Waals surface area contributed by atoms with Gasteiger partial charge in [0.25, 0.3) is 0 Å². The van der Waals surface area contributed by atoms with Gasteiger partial charge in [0.15, 0.2) is 0 Å². The molecule has 0 fully saturated rings. The fourth-order valence-electron chi connectivity index (χ4n) is 1.33. The fourth-order valence-corrected chi connectivity index (χ4v) is 1.33. The molecule has 2 rings (SSSR count). The average Bonchev–Trinajstić information content (AvgIpc) is 2.29. The maximum absolute atomic E-state index is 12.0. The van der Waals surface area contributed by atoms with E-state index in [2.05, 4.69) is 15.0 Å². The molecular formula is C12H11N3O. The molecule has 0 saturated heterocycles. The minimum absolute atomic E-state index is 0.127. The molecule has 4 heteroatoms. The van der Waals surface area contributed by atoms with Gasteiger partial charge in [-0.3, -0.25) is 9.78 Å². The third-order valence-electron chi connectivity index (χ3n) is 2.18. The Labute approximate surface area is 93.4 Å². The summed E-state index contributed by atoms with van der Waals surface area (Å²) in [4.78, 5) is 24.1. The zero-order valence-electron chi connectivity index (χ0n) is 9.14. The van der Waals surface area contributed by atoms with Crippen LogP contribution in [0.3, 0.4) is 0 Å². The maximum atomic E-state index is 12.0. The second-order valence-corrected chi connectivity index (χ2v) is 3.51. The van der Waals surface area contributed by atoms with Crippen LogP contribution in [0.4, 0.5) is 0 Å². The molecule has 0 amide bonds. The van der Waals surface area contributed by atoms with E-state index in [1.807, 2.05) is 6.92 Å². The van der Waals surface area contributed by atoms with Crippen LogP contribution in [0.15, 0.2) is 30.6 Å². The number of nitrogens with zero attached hydrogens (tertiary/aromatic N) is 3. The molecule has 0 unspecified atom stereocenters. The zero-order chi connectivity index (χ0) is 11.5. The highest BCUT2D eigenvalue weighted by Crippen LogP contribution is 2.06. The Morgan fingerprint density at radius 3 is 2.56 bits per heavy atom.